The van der Waals surface area contributed by atoms with Crippen molar-refractivity contribution in [2.45, 2.75) is 32.1 Å². The molecule has 0 aromatic carbocycles. The molecule has 0 bridgehead atoms. The van der Waals surface area contributed by atoms with Crippen LogP contribution in [0.25, 0.3) is 11.4 Å². The summed E-state index contributed by atoms with van der Waals surface area (Å²) in [4.78, 5) is 18.8. The van der Waals surface area contributed by atoms with Crippen molar-refractivity contribution in [2.24, 2.45) is 0 Å². The summed E-state index contributed by atoms with van der Waals surface area (Å²) in [6, 6.07) is 11.6. The van der Waals surface area contributed by atoms with E-state index in [9.17, 15) is 4.79 Å². The summed E-state index contributed by atoms with van der Waals surface area (Å²) in [5.74, 6) is 0.464. The fraction of sp³-hybridized carbons (Fsp3) is 0.312. The van der Waals surface area contributed by atoms with E-state index >= 15 is 0 Å². The molecule has 0 radical (unpaired) electrons. The van der Waals surface area contributed by atoms with Crippen molar-refractivity contribution in [3.8, 4) is 11.4 Å². The maximum atomic E-state index is 10.5. The zero-order valence-corrected chi connectivity index (χ0v) is 11.0. The molecule has 0 spiro atoms. The second-order valence-corrected chi connectivity index (χ2v) is 4.53. The summed E-state index contributed by atoms with van der Waals surface area (Å²) in [6.45, 7) is 0. The van der Waals surface area contributed by atoms with Gasteiger partial charge in [0.15, 0.2) is 0 Å². The number of hydrogen-bond donors (Lipinski definition) is 0. The summed E-state index contributed by atoms with van der Waals surface area (Å²) < 4.78 is 0. The van der Waals surface area contributed by atoms with Crippen LogP contribution in [0.4, 0.5) is 0 Å². The van der Waals surface area contributed by atoms with Gasteiger partial charge in [0.05, 0.1) is 11.4 Å². The third-order valence-electron chi connectivity index (χ3n) is 3.00. The smallest absolute Gasteiger partial charge is 0.132 e. The van der Waals surface area contributed by atoms with Crippen molar-refractivity contribution >= 4 is 5.78 Å². The van der Waals surface area contributed by atoms with Crippen LogP contribution in [0.15, 0.2) is 48.8 Å². The maximum Gasteiger partial charge on any atom is 0.132 e. The van der Waals surface area contributed by atoms with Gasteiger partial charge in [-0.05, 0) is 37.1 Å². The van der Waals surface area contributed by atoms with Gasteiger partial charge in [0.25, 0.3) is 0 Å². The number of ketones is 1. The Balaban J connectivity index is 0.000000163. The third-order valence-corrected chi connectivity index (χ3v) is 3.00. The molecular formula is C16H18N2O. The first kappa shape index (κ1) is 13.4. The van der Waals surface area contributed by atoms with E-state index in [1.54, 1.807) is 12.4 Å². The Kier molecular flexibility index (Phi) is 5.23. The fourth-order valence-electron chi connectivity index (χ4n) is 1.97. The molecule has 3 heteroatoms. The van der Waals surface area contributed by atoms with Crippen molar-refractivity contribution in [1.29, 1.82) is 0 Å². The molecule has 0 N–H and O–H groups in total. The molecule has 98 valence electrons. The van der Waals surface area contributed by atoms with Crippen molar-refractivity contribution in [3.63, 3.8) is 0 Å². The summed E-state index contributed by atoms with van der Waals surface area (Å²) in [7, 11) is 0. The van der Waals surface area contributed by atoms with Gasteiger partial charge in [-0.15, -0.1) is 0 Å². The van der Waals surface area contributed by atoms with Crippen molar-refractivity contribution in [3.05, 3.63) is 48.8 Å². The Morgan fingerprint density at radius 1 is 0.737 bits per heavy atom. The van der Waals surface area contributed by atoms with E-state index in [0.29, 0.717) is 5.78 Å². The minimum atomic E-state index is 0.464. The highest BCUT2D eigenvalue weighted by Crippen LogP contribution is 2.12. The van der Waals surface area contributed by atoms with Gasteiger partial charge in [0.1, 0.15) is 5.78 Å². The summed E-state index contributed by atoms with van der Waals surface area (Å²) >= 11 is 0. The molecule has 0 atom stereocenters. The highest BCUT2D eigenvalue weighted by atomic mass is 16.1. The molecule has 19 heavy (non-hydrogen) atoms. The minimum absolute atomic E-state index is 0.464. The zero-order chi connectivity index (χ0) is 13.3. The first-order valence-corrected chi connectivity index (χ1v) is 6.70. The highest BCUT2D eigenvalue weighted by molar-refractivity contribution is 5.78. The summed E-state index contributed by atoms with van der Waals surface area (Å²) in [5.41, 5.74) is 1.83. The Bertz CT molecular complexity index is 451. The summed E-state index contributed by atoms with van der Waals surface area (Å²) in [6.07, 6.45) is 8.78. The predicted octanol–water partition coefficient (Wildman–Crippen LogP) is 3.66. The molecule has 3 rings (SSSR count). The lowest BCUT2D eigenvalue weighted by molar-refractivity contribution is -0.120. The molecule has 3 nitrogen and oxygen atoms in total. The van der Waals surface area contributed by atoms with E-state index in [4.69, 9.17) is 0 Å². The monoisotopic (exact) mass is 254 g/mol. The molecule has 1 aliphatic rings. The van der Waals surface area contributed by atoms with Crippen molar-refractivity contribution in [2.75, 3.05) is 0 Å². The second-order valence-electron chi connectivity index (χ2n) is 4.53. The first-order valence-electron chi connectivity index (χ1n) is 6.70. The number of hydrogen-bond acceptors (Lipinski definition) is 3. The molecule has 0 amide bonds. The molecule has 1 aliphatic carbocycles. The van der Waals surface area contributed by atoms with E-state index in [2.05, 4.69) is 9.97 Å². The lowest BCUT2D eigenvalue weighted by atomic mass is 10.00. The molecule has 1 saturated carbocycles. The normalized spacial score (nSPS) is 14.4. The average molecular weight is 254 g/mol. The number of nitrogens with zero attached hydrogens (tertiary/aromatic N) is 2. The molecule has 2 aromatic heterocycles. The SMILES string of the molecule is O=C1CCCCC1.c1ccc(-c2ccccn2)nc1. The minimum Gasteiger partial charge on any atom is -0.300 e. The predicted molar refractivity (Wildman–Crippen MR) is 75.6 cm³/mol. The van der Waals surface area contributed by atoms with E-state index < -0.39 is 0 Å². The van der Waals surface area contributed by atoms with Crippen LogP contribution in [0.1, 0.15) is 32.1 Å². The van der Waals surface area contributed by atoms with Crippen molar-refractivity contribution < 1.29 is 4.79 Å². The molecular weight excluding hydrogens is 236 g/mol. The Labute approximate surface area is 113 Å². The van der Waals surface area contributed by atoms with Crippen LogP contribution in [-0.4, -0.2) is 15.8 Å². The van der Waals surface area contributed by atoms with Crippen LogP contribution in [0, 0.1) is 0 Å². The largest absolute Gasteiger partial charge is 0.300 e. The number of aromatic nitrogens is 2. The van der Waals surface area contributed by atoms with Crippen molar-refractivity contribution in [1.82, 2.24) is 9.97 Å². The molecule has 0 saturated heterocycles. The lowest BCUT2D eigenvalue weighted by Gasteiger charge is -2.05. The zero-order valence-electron chi connectivity index (χ0n) is 11.0. The average Bonchev–Trinajstić information content (AvgIpc) is 2.51. The Morgan fingerprint density at radius 2 is 1.26 bits per heavy atom. The van der Waals surface area contributed by atoms with Gasteiger partial charge in [0, 0.05) is 25.2 Å². The van der Waals surface area contributed by atoms with E-state index in [-0.39, 0.29) is 0 Å². The molecule has 2 heterocycles. The topological polar surface area (TPSA) is 42.9 Å². The fourth-order valence-corrected chi connectivity index (χ4v) is 1.97. The van der Waals surface area contributed by atoms with Gasteiger partial charge >= 0.3 is 0 Å². The van der Waals surface area contributed by atoms with Crippen LogP contribution >= 0.6 is 0 Å². The van der Waals surface area contributed by atoms with Crippen LogP contribution in [0.2, 0.25) is 0 Å². The molecule has 2 aromatic rings. The van der Waals surface area contributed by atoms with E-state index in [1.807, 2.05) is 36.4 Å². The molecule has 1 fully saturated rings. The van der Waals surface area contributed by atoms with Gasteiger partial charge in [0.2, 0.25) is 0 Å². The number of rotatable bonds is 1. The lowest BCUT2D eigenvalue weighted by Crippen LogP contribution is -2.02. The van der Waals surface area contributed by atoms with Gasteiger partial charge in [-0.25, -0.2) is 0 Å². The Hall–Kier alpha value is -2.03. The highest BCUT2D eigenvalue weighted by Gasteiger charge is 2.05. The van der Waals surface area contributed by atoms with Gasteiger partial charge < -0.3 is 0 Å². The number of carbonyl (C=O) groups is 1. The number of Topliss-reactive ketones (excluding diaryl/α,β-unsaturated/α-hetero) is 1. The first-order chi connectivity index (χ1) is 9.36. The Morgan fingerprint density at radius 3 is 1.58 bits per heavy atom. The van der Waals surface area contributed by atoms with E-state index in [1.165, 1.54) is 6.42 Å². The standard InChI is InChI=1S/C10H8N2.C6H10O/c1-3-7-11-9(5-1)10-6-2-4-8-12-10;7-6-4-2-1-3-5-6/h1-8H;1-5H2. The molecule has 0 unspecified atom stereocenters. The van der Waals surface area contributed by atoms with Crippen LogP contribution < -0.4 is 0 Å². The van der Waals surface area contributed by atoms with Gasteiger partial charge in [-0.2, -0.15) is 0 Å². The van der Waals surface area contributed by atoms with Gasteiger partial charge in [-0.3, -0.25) is 14.8 Å². The summed E-state index contributed by atoms with van der Waals surface area (Å²) in [5, 5.41) is 0. The number of pyridine rings is 2. The second kappa shape index (κ2) is 7.41. The third kappa shape index (κ3) is 4.62. The maximum absolute atomic E-state index is 10.5. The van der Waals surface area contributed by atoms with Crippen LogP contribution in [0.5, 0.6) is 0 Å². The quantitative estimate of drug-likeness (QED) is 0.780. The molecule has 0 aliphatic heterocycles. The van der Waals surface area contributed by atoms with Crippen LogP contribution in [-0.2, 0) is 4.79 Å². The number of carbonyl (C=O) groups excluding carboxylic acids is 1. The van der Waals surface area contributed by atoms with Crippen LogP contribution in [0.3, 0.4) is 0 Å². The van der Waals surface area contributed by atoms with Gasteiger partial charge in [-0.1, -0.05) is 18.6 Å². The van der Waals surface area contributed by atoms with E-state index in [0.717, 1.165) is 37.1 Å².